The number of rotatable bonds is 4. The predicted octanol–water partition coefficient (Wildman–Crippen LogP) is 3.81. The van der Waals surface area contributed by atoms with E-state index in [1.54, 1.807) is 45.0 Å². The fraction of sp³-hybridized carbons (Fsp3) is 0.500. The molecule has 112 valence electrons. The zero-order valence-electron chi connectivity index (χ0n) is 11.9. The van der Waals surface area contributed by atoms with Crippen LogP contribution in [0.2, 0.25) is 0 Å². The average molecular weight is 279 g/mol. The van der Waals surface area contributed by atoms with E-state index in [4.69, 9.17) is 4.74 Å². The van der Waals surface area contributed by atoms with Gasteiger partial charge in [0, 0.05) is 5.56 Å². The summed E-state index contributed by atoms with van der Waals surface area (Å²) in [5.41, 5.74) is 0.0171. The van der Waals surface area contributed by atoms with E-state index in [0.29, 0.717) is 12.0 Å². The summed E-state index contributed by atoms with van der Waals surface area (Å²) in [7, 11) is 0. The molecule has 1 atom stereocenters. The van der Waals surface area contributed by atoms with Crippen molar-refractivity contribution in [1.29, 1.82) is 0 Å². The quantitative estimate of drug-likeness (QED) is 0.853. The lowest BCUT2D eigenvalue weighted by Gasteiger charge is -2.22. The second-order valence-electron chi connectivity index (χ2n) is 5.34. The third-order valence-corrected chi connectivity index (χ3v) is 2.47. The van der Waals surface area contributed by atoms with Crippen LogP contribution >= 0.6 is 0 Å². The number of hydrogen-bond acceptors (Lipinski definition) is 3. The van der Waals surface area contributed by atoms with E-state index in [-0.39, 0.29) is 13.2 Å². The Morgan fingerprint density at radius 1 is 1.20 bits per heavy atom. The van der Waals surface area contributed by atoms with Crippen molar-refractivity contribution in [2.24, 2.45) is 0 Å². The van der Waals surface area contributed by atoms with Crippen LogP contribution in [-0.4, -0.2) is 23.5 Å². The van der Waals surface area contributed by atoms with Gasteiger partial charge in [0.1, 0.15) is 5.60 Å². The van der Waals surface area contributed by atoms with E-state index in [0.717, 1.165) is 0 Å². The molecule has 20 heavy (non-hydrogen) atoms. The van der Waals surface area contributed by atoms with E-state index < -0.39 is 17.7 Å². The largest absolute Gasteiger partial charge is 0.444 e. The molecule has 0 saturated carbocycles. The van der Waals surface area contributed by atoms with Crippen molar-refractivity contribution >= 4 is 11.9 Å². The minimum atomic E-state index is -0.571. The van der Waals surface area contributed by atoms with E-state index in [2.05, 4.69) is 5.32 Å². The second kappa shape index (κ2) is 7.68. The van der Waals surface area contributed by atoms with Crippen LogP contribution in [0.4, 0.5) is 4.79 Å². The van der Waals surface area contributed by atoms with Crippen molar-refractivity contribution in [3.8, 4) is 0 Å². The van der Waals surface area contributed by atoms with Crippen LogP contribution in [0.5, 0.6) is 0 Å². The molecule has 4 nitrogen and oxygen atoms in total. The number of hydrogen-bond donors (Lipinski definition) is 1. The Hall–Kier alpha value is -1.84. The van der Waals surface area contributed by atoms with Crippen molar-refractivity contribution < 1.29 is 14.3 Å². The van der Waals surface area contributed by atoms with Gasteiger partial charge in [0.05, 0.1) is 6.04 Å². The van der Waals surface area contributed by atoms with Gasteiger partial charge in [-0.15, -0.1) is 0 Å². The molecule has 0 fully saturated rings. The van der Waals surface area contributed by atoms with Crippen molar-refractivity contribution in [1.82, 2.24) is 5.32 Å². The highest BCUT2D eigenvalue weighted by atomic mass is 16.6. The maximum atomic E-state index is 12.2. The SMILES string of the molecule is C.CC[C@H](NC(=O)OC(C)(C)C)C(=O)c1ccccc1. The number of nitrogens with one attached hydrogen (secondary N) is 1. The second-order valence-corrected chi connectivity index (χ2v) is 5.34. The third-order valence-electron chi connectivity index (χ3n) is 2.47. The van der Waals surface area contributed by atoms with Gasteiger partial charge in [-0.05, 0) is 27.2 Å². The molecule has 0 spiro atoms. The van der Waals surface area contributed by atoms with Crippen molar-refractivity contribution in [2.45, 2.75) is 53.2 Å². The molecule has 0 aliphatic carbocycles. The van der Waals surface area contributed by atoms with Crippen LogP contribution in [0.1, 0.15) is 51.9 Å². The van der Waals surface area contributed by atoms with Gasteiger partial charge in [-0.2, -0.15) is 0 Å². The number of alkyl carbamates (subject to hydrolysis) is 1. The van der Waals surface area contributed by atoms with Gasteiger partial charge in [-0.1, -0.05) is 44.7 Å². The highest BCUT2D eigenvalue weighted by Gasteiger charge is 2.23. The van der Waals surface area contributed by atoms with Crippen LogP contribution in [0.25, 0.3) is 0 Å². The van der Waals surface area contributed by atoms with Gasteiger partial charge in [0.2, 0.25) is 0 Å². The Balaban J connectivity index is 0.00000361. The van der Waals surface area contributed by atoms with Crippen LogP contribution in [0, 0.1) is 0 Å². The molecule has 0 aromatic heterocycles. The fourth-order valence-electron chi connectivity index (χ4n) is 1.61. The molecular weight excluding hydrogens is 254 g/mol. The third kappa shape index (κ3) is 5.87. The van der Waals surface area contributed by atoms with E-state index in [9.17, 15) is 9.59 Å². The number of ketones is 1. The molecule has 0 saturated heterocycles. The van der Waals surface area contributed by atoms with Crippen molar-refractivity contribution in [3.63, 3.8) is 0 Å². The zero-order valence-corrected chi connectivity index (χ0v) is 11.9. The van der Waals surface area contributed by atoms with E-state index >= 15 is 0 Å². The van der Waals surface area contributed by atoms with Crippen LogP contribution in [0.3, 0.4) is 0 Å². The molecule has 1 aromatic rings. The van der Waals surface area contributed by atoms with E-state index in [1.165, 1.54) is 0 Å². The standard InChI is InChI=1S/C15H21NO3.CH4/c1-5-12(16-14(18)19-15(2,3)4)13(17)11-9-7-6-8-10-11;/h6-10,12H,5H2,1-4H3,(H,16,18);1H4/t12-;/m0./s1. The summed E-state index contributed by atoms with van der Waals surface area (Å²) in [5.74, 6) is -0.103. The average Bonchev–Trinajstić information content (AvgIpc) is 2.34. The molecule has 1 rings (SSSR count). The summed E-state index contributed by atoms with van der Waals surface area (Å²) >= 11 is 0. The first-order valence-electron chi connectivity index (χ1n) is 6.42. The first-order valence-corrected chi connectivity index (χ1v) is 6.42. The lowest BCUT2D eigenvalue weighted by molar-refractivity contribution is 0.0490. The molecule has 0 heterocycles. The normalized spacial score (nSPS) is 12.0. The molecule has 4 heteroatoms. The summed E-state index contributed by atoms with van der Waals surface area (Å²) in [6.07, 6.45) is -0.0453. The smallest absolute Gasteiger partial charge is 0.408 e. The minimum absolute atomic E-state index is 0. The topological polar surface area (TPSA) is 55.4 Å². The van der Waals surface area contributed by atoms with Crippen molar-refractivity contribution in [2.75, 3.05) is 0 Å². The highest BCUT2D eigenvalue weighted by molar-refractivity contribution is 6.01. The lowest BCUT2D eigenvalue weighted by Crippen LogP contribution is -2.43. The highest BCUT2D eigenvalue weighted by Crippen LogP contribution is 2.09. The summed E-state index contributed by atoms with van der Waals surface area (Å²) in [6.45, 7) is 7.20. The molecule has 0 aliphatic rings. The van der Waals surface area contributed by atoms with Crippen LogP contribution in [-0.2, 0) is 4.74 Å². The predicted molar refractivity (Wildman–Crippen MR) is 81.0 cm³/mol. The van der Waals surface area contributed by atoms with Crippen LogP contribution in [0.15, 0.2) is 30.3 Å². The molecule has 1 N–H and O–H groups in total. The molecule has 0 aliphatic heterocycles. The van der Waals surface area contributed by atoms with Gasteiger partial charge < -0.3 is 10.1 Å². The van der Waals surface area contributed by atoms with Crippen molar-refractivity contribution in [3.05, 3.63) is 35.9 Å². The minimum Gasteiger partial charge on any atom is -0.444 e. The van der Waals surface area contributed by atoms with Gasteiger partial charge in [-0.25, -0.2) is 4.79 Å². The Labute approximate surface area is 121 Å². The first-order chi connectivity index (χ1) is 8.83. The van der Waals surface area contributed by atoms with Gasteiger partial charge >= 0.3 is 6.09 Å². The summed E-state index contributed by atoms with van der Waals surface area (Å²) in [4.78, 5) is 23.9. The van der Waals surface area contributed by atoms with Gasteiger partial charge in [0.25, 0.3) is 0 Å². The number of carbonyl (C=O) groups excluding carboxylic acids is 2. The lowest BCUT2D eigenvalue weighted by atomic mass is 10.0. The van der Waals surface area contributed by atoms with Crippen LogP contribution < -0.4 is 5.32 Å². The summed E-state index contributed by atoms with van der Waals surface area (Å²) in [5, 5.41) is 2.61. The van der Waals surface area contributed by atoms with Gasteiger partial charge in [-0.3, -0.25) is 4.79 Å². The number of benzene rings is 1. The van der Waals surface area contributed by atoms with Gasteiger partial charge in [0.15, 0.2) is 5.78 Å². The van der Waals surface area contributed by atoms with E-state index in [1.807, 2.05) is 13.0 Å². The molecule has 0 unspecified atom stereocenters. The monoisotopic (exact) mass is 279 g/mol. The Bertz CT molecular complexity index is 435. The zero-order chi connectivity index (χ0) is 14.5. The molecule has 1 amide bonds. The maximum absolute atomic E-state index is 12.2. The molecule has 1 aromatic carbocycles. The summed E-state index contributed by atoms with van der Waals surface area (Å²) in [6, 6.07) is 8.36. The maximum Gasteiger partial charge on any atom is 0.408 e. The summed E-state index contributed by atoms with van der Waals surface area (Å²) < 4.78 is 5.15. The fourth-order valence-corrected chi connectivity index (χ4v) is 1.61. The number of Topliss-reactive ketones (excluding diaryl/α,β-unsaturated/α-hetero) is 1. The first kappa shape index (κ1) is 18.2. The number of ether oxygens (including phenoxy) is 1. The Morgan fingerprint density at radius 2 is 1.75 bits per heavy atom. The molecule has 0 radical (unpaired) electrons. The Kier molecular flexibility index (Phi) is 6.97. The molecular formula is C16H25NO3. The number of amides is 1. The number of carbonyl (C=O) groups is 2. The molecule has 0 bridgehead atoms. The Morgan fingerprint density at radius 3 is 2.20 bits per heavy atom.